The van der Waals surface area contributed by atoms with Crippen molar-refractivity contribution in [2.45, 2.75) is 26.7 Å². The maximum Gasteiger partial charge on any atom is 0.337 e. The van der Waals surface area contributed by atoms with Gasteiger partial charge in [-0.3, -0.25) is 20.3 Å². The van der Waals surface area contributed by atoms with E-state index >= 15 is 0 Å². The Kier molecular flexibility index (Phi) is 5.04. The molecule has 0 spiro atoms. The second-order valence-electron chi connectivity index (χ2n) is 6.44. The van der Waals surface area contributed by atoms with E-state index < -0.39 is 11.6 Å². The Morgan fingerprint density at radius 1 is 1.30 bits per heavy atom. The van der Waals surface area contributed by atoms with Crippen molar-refractivity contribution in [1.29, 1.82) is 0 Å². The summed E-state index contributed by atoms with van der Waals surface area (Å²) in [6.07, 6.45) is 0. The van der Waals surface area contributed by atoms with Crippen LogP contribution in [0.4, 0.5) is 16.3 Å². The summed E-state index contributed by atoms with van der Waals surface area (Å²) in [5, 5.41) is 8.09. The molecule has 0 aliphatic heterocycles. The quantitative estimate of drug-likeness (QED) is 0.404. The van der Waals surface area contributed by atoms with E-state index in [2.05, 4.69) is 45.1 Å². The van der Waals surface area contributed by atoms with Gasteiger partial charge in [0.05, 0.1) is 11.4 Å². The van der Waals surface area contributed by atoms with Crippen LogP contribution in [0, 0.1) is 6.92 Å². The van der Waals surface area contributed by atoms with Gasteiger partial charge in [0.15, 0.2) is 5.65 Å². The summed E-state index contributed by atoms with van der Waals surface area (Å²) in [6, 6.07) is 3.98. The maximum atomic E-state index is 12.1. The molecule has 0 fully saturated rings. The van der Waals surface area contributed by atoms with Gasteiger partial charge in [0.25, 0.3) is 5.56 Å². The molecule has 0 aliphatic carbocycles. The molecule has 0 saturated carbocycles. The first-order valence-electron chi connectivity index (χ1n) is 8.31. The summed E-state index contributed by atoms with van der Waals surface area (Å²) in [4.78, 5) is 30.4. The van der Waals surface area contributed by atoms with E-state index in [0.717, 1.165) is 22.3 Å². The number of nitrogens with zero attached hydrogens (tertiary/aromatic N) is 3. The molecule has 0 radical (unpaired) electrons. The predicted molar refractivity (Wildman–Crippen MR) is 105 cm³/mol. The minimum absolute atomic E-state index is 0.131. The van der Waals surface area contributed by atoms with E-state index in [4.69, 9.17) is 11.6 Å². The lowest BCUT2D eigenvalue weighted by molar-refractivity contribution is 0.254. The monoisotopic (exact) mass is 389 g/mol. The maximum absolute atomic E-state index is 12.1. The van der Waals surface area contributed by atoms with Gasteiger partial charge in [-0.2, -0.15) is 5.10 Å². The Morgan fingerprint density at radius 3 is 2.70 bits per heavy atom. The molecule has 2 amide bonds. The summed E-state index contributed by atoms with van der Waals surface area (Å²) in [7, 11) is 1.83. The van der Waals surface area contributed by atoms with Crippen molar-refractivity contribution >= 4 is 40.2 Å². The number of hydrogen-bond acceptors (Lipinski definition) is 5. The molecule has 0 unspecified atom stereocenters. The molecule has 3 aromatic rings. The van der Waals surface area contributed by atoms with E-state index in [1.165, 1.54) is 12.1 Å². The van der Waals surface area contributed by atoms with E-state index in [1.807, 2.05) is 20.0 Å². The lowest BCUT2D eigenvalue weighted by Crippen LogP contribution is -2.34. The van der Waals surface area contributed by atoms with Crippen molar-refractivity contribution in [3.63, 3.8) is 0 Å². The van der Waals surface area contributed by atoms with Crippen LogP contribution < -0.4 is 21.7 Å². The largest absolute Gasteiger partial charge is 0.337 e. The minimum Gasteiger partial charge on any atom is -0.313 e. The van der Waals surface area contributed by atoms with Gasteiger partial charge >= 0.3 is 6.03 Å². The number of aromatic amines is 1. The third kappa shape index (κ3) is 4.03. The standard InChI is InChI=1S/C17H20ClN7O2/c1-8(2)11-7-13(21-16-15(11)9(3)24-25(16)4)22-23-17(27)19-10-5-12(18)20-14(26)6-10/h5-8H,1-4H3,(H,21,22)(H3,19,20,23,26,27). The summed E-state index contributed by atoms with van der Waals surface area (Å²) >= 11 is 5.76. The molecule has 4 N–H and O–H groups in total. The Morgan fingerprint density at radius 2 is 2.04 bits per heavy atom. The zero-order valence-corrected chi connectivity index (χ0v) is 16.1. The summed E-state index contributed by atoms with van der Waals surface area (Å²) in [5.74, 6) is 0.735. The topological polar surface area (TPSA) is 117 Å². The minimum atomic E-state index is -0.564. The van der Waals surface area contributed by atoms with Gasteiger partial charge in [0, 0.05) is 18.5 Å². The summed E-state index contributed by atoms with van der Waals surface area (Å²) < 4.78 is 1.71. The molecule has 0 aromatic carbocycles. The first-order chi connectivity index (χ1) is 12.7. The van der Waals surface area contributed by atoms with Crippen LogP contribution in [-0.4, -0.2) is 25.8 Å². The van der Waals surface area contributed by atoms with Crippen molar-refractivity contribution < 1.29 is 4.79 Å². The van der Waals surface area contributed by atoms with E-state index in [9.17, 15) is 9.59 Å². The van der Waals surface area contributed by atoms with Crippen molar-refractivity contribution in [2.24, 2.45) is 7.05 Å². The van der Waals surface area contributed by atoms with Crippen molar-refractivity contribution in [3.05, 3.63) is 45.0 Å². The van der Waals surface area contributed by atoms with Gasteiger partial charge in [-0.25, -0.2) is 9.78 Å². The molecule has 0 bridgehead atoms. The Balaban J connectivity index is 1.79. The van der Waals surface area contributed by atoms with Gasteiger partial charge in [-0.05, 0) is 30.5 Å². The molecule has 3 aromatic heterocycles. The smallest absolute Gasteiger partial charge is 0.313 e. The fourth-order valence-electron chi connectivity index (χ4n) is 2.86. The van der Waals surface area contributed by atoms with Crippen LogP contribution in [0.3, 0.4) is 0 Å². The van der Waals surface area contributed by atoms with Crippen LogP contribution in [0.5, 0.6) is 0 Å². The average molecular weight is 390 g/mol. The average Bonchev–Trinajstić information content (AvgIpc) is 2.85. The molecule has 0 saturated heterocycles. The number of carbonyl (C=O) groups is 1. The van der Waals surface area contributed by atoms with Crippen LogP contribution >= 0.6 is 11.6 Å². The van der Waals surface area contributed by atoms with Crippen LogP contribution in [0.1, 0.15) is 31.0 Å². The number of amides is 2. The van der Waals surface area contributed by atoms with Gasteiger partial charge in [0.1, 0.15) is 11.0 Å². The zero-order valence-electron chi connectivity index (χ0n) is 15.3. The third-order valence-corrected chi connectivity index (χ3v) is 4.20. The number of urea groups is 1. The Hall–Kier alpha value is -3.07. The van der Waals surface area contributed by atoms with Crippen molar-refractivity contribution in [1.82, 2.24) is 25.2 Å². The Bertz CT molecular complexity index is 1070. The normalized spacial score (nSPS) is 11.0. The highest BCUT2D eigenvalue weighted by molar-refractivity contribution is 6.29. The van der Waals surface area contributed by atoms with Crippen LogP contribution in [-0.2, 0) is 7.05 Å². The second-order valence-corrected chi connectivity index (χ2v) is 6.85. The van der Waals surface area contributed by atoms with Gasteiger partial charge in [-0.15, -0.1) is 0 Å². The number of halogens is 1. The molecule has 3 heterocycles. The van der Waals surface area contributed by atoms with E-state index in [0.29, 0.717) is 5.82 Å². The molecule has 142 valence electrons. The second kappa shape index (κ2) is 7.28. The Labute approximate surface area is 160 Å². The number of fused-ring (bicyclic) bond motifs is 1. The first-order valence-corrected chi connectivity index (χ1v) is 8.69. The van der Waals surface area contributed by atoms with Gasteiger partial charge in [0.2, 0.25) is 0 Å². The molecule has 10 heteroatoms. The number of nitrogens with one attached hydrogen (secondary N) is 4. The molecular weight excluding hydrogens is 370 g/mol. The number of aromatic nitrogens is 4. The first kappa shape index (κ1) is 18.7. The van der Waals surface area contributed by atoms with Crippen LogP contribution in [0.2, 0.25) is 5.15 Å². The number of carbonyl (C=O) groups excluding carboxylic acids is 1. The highest BCUT2D eigenvalue weighted by Crippen LogP contribution is 2.28. The number of pyridine rings is 2. The number of rotatable bonds is 4. The highest BCUT2D eigenvalue weighted by Gasteiger charge is 2.16. The molecular formula is C17H20ClN7O2. The van der Waals surface area contributed by atoms with Crippen LogP contribution in [0.25, 0.3) is 11.0 Å². The van der Waals surface area contributed by atoms with Crippen molar-refractivity contribution in [3.8, 4) is 0 Å². The number of anilines is 2. The zero-order chi connectivity index (χ0) is 19.7. The number of aryl methyl sites for hydroxylation is 2. The van der Waals surface area contributed by atoms with Gasteiger partial charge in [-0.1, -0.05) is 25.4 Å². The molecule has 3 rings (SSSR count). The van der Waals surface area contributed by atoms with Crippen LogP contribution in [0.15, 0.2) is 23.0 Å². The van der Waals surface area contributed by atoms with E-state index in [-0.39, 0.29) is 16.8 Å². The molecule has 27 heavy (non-hydrogen) atoms. The summed E-state index contributed by atoms with van der Waals surface area (Å²) in [5.41, 5.74) is 7.86. The fraction of sp³-hybridized carbons (Fsp3) is 0.294. The molecule has 9 nitrogen and oxygen atoms in total. The molecule has 0 aliphatic rings. The fourth-order valence-corrected chi connectivity index (χ4v) is 3.07. The van der Waals surface area contributed by atoms with E-state index in [1.54, 1.807) is 4.68 Å². The van der Waals surface area contributed by atoms with Crippen molar-refractivity contribution in [2.75, 3.05) is 10.7 Å². The third-order valence-electron chi connectivity index (χ3n) is 3.99. The predicted octanol–water partition coefficient (Wildman–Crippen LogP) is 2.89. The number of hydrazine groups is 1. The SMILES string of the molecule is Cc1nn(C)c2nc(NNC(=O)Nc3cc(Cl)[nH]c(=O)c3)cc(C(C)C)c12. The summed E-state index contributed by atoms with van der Waals surface area (Å²) in [6.45, 7) is 6.12. The molecule has 0 atom stereocenters. The highest BCUT2D eigenvalue weighted by atomic mass is 35.5. The van der Waals surface area contributed by atoms with Gasteiger partial charge < -0.3 is 10.3 Å². The number of H-pyrrole nitrogens is 1. The lowest BCUT2D eigenvalue weighted by Gasteiger charge is -2.13. The number of hydrogen-bond donors (Lipinski definition) is 4. The lowest BCUT2D eigenvalue weighted by atomic mass is 10.00.